The van der Waals surface area contributed by atoms with Crippen LogP contribution in [0.3, 0.4) is 0 Å². The van der Waals surface area contributed by atoms with Gasteiger partial charge in [-0.05, 0) is 26.2 Å². The number of aliphatic carboxylic acids is 1. The Labute approximate surface area is 105 Å². The van der Waals surface area contributed by atoms with Crippen LogP contribution in [0.25, 0.3) is 0 Å². The van der Waals surface area contributed by atoms with Gasteiger partial charge in [0.15, 0.2) is 0 Å². The van der Waals surface area contributed by atoms with Crippen LogP contribution in [0.15, 0.2) is 0 Å². The van der Waals surface area contributed by atoms with Crippen molar-refractivity contribution in [1.29, 1.82) is 0 Å². The summed E-state index contributed by atoms with van der Waals surface area (Å²) in [5.74, 6) is -4.14. The fourth-order valence-electron chi connectivity index (χ4n) is 2.08. The Kier molecular flexibility index (Phi) is 5.04. The van der Waals surface area contributed by atoms with E-state index in [1.165, 1.54) is 0 Å². The number of carbonyl (C=O) groups is 2. The lowest BCUT2D eigenvalue weighted by atomic mass is 9.86. The summed E-state index contributed by atoms with van der Waals surface area (Å²) in [4.78, 5) is 22.1. The maximum absolute atomic E-state index is 12.9. The minimum atomic E-state index is -2.63. The van der Waals surface area contributed by atoms with Crippen molar-refractivity contribution in [1.82, 2.24) is 5.32 Å². The SMILES string of the molecule is CC(CCC(=O)O)NC(=O)C1CCC(F)(F)CC1. The van der Waals surface area contributed by atoms with Crippen molar-refractivity contribution in [3.63, 3.8) is 0 Å². The highest BCUT2D eigenvalue weighted by molar-refractivity contribution is 5.79. The Hall–Kier alpha value is -1.20. The first-order chi connectivity index (χ1) is 8.30. The molecule has 1 saturated carbocycles. The van der Waals surface area contributed by atoms with Crippen molar-refractivity contribution < 1.29 is 23.5 Å². The molecule has 6 heteroatoms. The number of halogens is 2. The molecule has 104 valence electrons. The predicted molar refractivity (Wildman–Crippen MR) is 61.4 cm³/mol. The van der Waals surface area contributed by atoms with Crippen LogP contribution < -0.4 is 5.32 Å². The number of hydrogen-bond acceptors (Lipinski definition) is 2. The van der Waals surface area contributed by atoms with Crippen LogP contribution in [0.2, 0.25) is 0 Å². The monoisotopic (exact) mass is 263 g/mol. The van der Waals surface area contributed by atoms with Gasteiger partial charge in [-0.2, -0.15) is 0 Å². The Balaban J connectivity index is 2.31. The highest BCUT2D eigenvalue weighted by Crippen LogP contribution is 2.36. The van der Waals surface area contributed by atoms with Crippen LogP contribution in [-0.4, -0.2) is 28.9 Å². The van der Waals surface area contributed by atoms with Gasteiger partial charge in [-0.25, -0.2) is 8.78 Å². The van der Waals surface area contributed by atoms with E-state index in [0.29, 0.717) is 6.42 Å². The highest BCUT2D eigenvalue weighted by atomic mass is 19.3. The molecule has 18 heavy (non-hydrogen) atoms. The van der Waals surface area contributed by atoms with E-state index in [1.54, 1.807) is 6.92 Å². The van der Waals surface area contributed by atoms with Gasteiger partial charge in [0.1, 0.15) is 0 Å². The molecule has 2 N–H and O–H groups in total. The molecule has 0 saturated heterocycles. The van der Waals surface area contributed by atoms with Crippen molar-refractivity contribution in [3.05, 3.63) is 0 Å². The lowest BCUT2D eigenvalue weighted by Crippen LogP contribution is -2.40. The van der Waals surface area contributed by atoms with Crippen LogP contribution in [0.1, 0.15) is 45.4 Å². The first-order valence-electron chi connectivity index (χ1n) is 6.20. The summed E-state index contributed by atoms with van der Waals surface area (Å²) in [7, 11) is 0. The smallest absolute Gasteiger partial charge is 0.303 e. The molecule has 0 bridgehead atoms. The van der Waals surface area contributed by atoms with Crippen LogP contribution in [0.4, 0.5) is 8.78 Å². The summed E-state index contributed by atoms with van der Waals surface area (Å²) in [6, 6.07) is -0.240. The third-order valence-corrected chi connectivity index (χ3v) is 3.27. The van der Waals surface area contributed by atoms with Gasteiger partial charge >= 0.3 is 5.97 Å². The van der Waals surface area contributed by atoms with E-state index >= 15 is 0 Å². The van der Waals surface area contributed by atoms with Gasteiger partial charge in [0.05, 0.1) is 0 Å². The van der Waals surface area contributed by atoms with E-state index in [4.69, 9.17) is 5.11 Å². The minimum Gasteiger partial charge on any atom is -0.481 e. The van der Waals surface area contributed by atoms with Gasteiger partial charge in [0.25, 0.3) is 0 Å². The molecule has 1 amide bonds. The summed E-state index contributed by atoms with van der Waals surface area (Å²) in [5, 5.41) is 11.2. The van der Waals surface area contributed by atoms with E-state index in [-0.39, 0.29) is 50.0 Å². The number of nitrogens with one attached hydrogen (secondary N) is 1. The Morgan fingerprint density at radius 3 is 2.44 bits per heavy atom. The molecule has 1 unspecified atom stereocenters. The molecule has 0 radical (unpaired) electrons. The van der Waals surface area contributed by atoms with E-state index in [1.807, 2.05) is 0 Å². The van der Waals surface area contributed by atoms with E-state index in [2.05, 4.69) is 5.32 Å². The predicted octanol–water partition coefficient (Wildman–Crippen LogP) is 2.18. The van der Waals surface area contributed by atoms with Crippen molar-refractivity contribution in [2.45, 2.75) is 57.4 Å². The van der Waals surface area contributed by atoms with Crippen molar-refractivity contribution >= 4 is 11.9 Å². The Morgan fingerprint density at radius 2 is 1.94 bits per heavy atom. The molecule has 1 aliphatic rings. The quantitative estimate of drug-likeness (QED) is 0.799. The van der Waals surface area contributed by atoms with Gasteiger partial charge in [0.2, 0.25) is 11.8 Å². The van der Waals surface area contributed by atoms with Crippen molar-refractivity contribution in [2.75, 3.05) is 0 Å². The summed E-state index contributed by atoms with van der Waals surface area (Å²) in [6.45, 7) is 1.72. The molecule has 1 rings (SSSR count). The van der Waals surface area contributed by atoms with Crippen LogP contribution >= 0.6 is 0 Å². The molecule has 4 nitrogen and oxygen atoms in total. The second kappa shape index (κ2) is 6.11. The van der Waals surface area contributed by atoms with Crippen LogP contribution in [-0.2, 0) is 9.59 Å². The number of carboxylic acid groups (broad SMARTS) is 1. The third kappa shape index (κ3) is 4.98. The summed E-state index contributed by atoms with van der Waals surface area (Å²) in [5.41, 5.74) is 0. The van der Waals surface area contributed by atoms with Gasteiger partial charge < -0.3 is 10.4 Å². The third-order valence-electron chi connectivity index (χ3n) is 3.27. The van der Waals surface area contributed by atoms with E-state index < -0.39 is 11.9 Å². The average Bonchev–Trinajstić information content (AvgIpc) is 2.26. The van der Waals surface area contributed by atoms with Crippen molar-refractivity contribution in [3.8, 4) is 0 Å². The lowest BCUT2D eigenvalue weighted by Gasteiger charge is -2.28. The Morgan fingerprint density at radius 1 is 1.39 bits per heavy atom. The van der Waals surface area contributed by atoms with Crippen LogP contribution in [0.5, 0.6) is 0 Å². The normalized spacial score (nSPS) is 21.3. The molecule has 0 heterocycles. The molecule has 0 aromatic heterocycles. The number of hydrogen-bond donors (Lipinski definition) is 2. The molecule has 1 aliphatic carbocycles. The lowest BCUT2D eigenvalue weighted by molar-refractivity contribution is -0.137. The molecule has 0 aliphatic heterocycles. The number of rotatable bonds is 5. The van der Waals surface area contributed by atoms with Crippen molar-refractivity contribution in [2.24, 2.45) is 5.92 Å². The summed E-state index contributed by atoms with van der Waals surface area (Å²) >= 11 is 0. The maximum atomic E-state index is 12.9. The molecule has 0 spiro atoms. The molecular weight excluding hydrogens is 244 g/mol. The second-order valence-electron chi connectivity index (χ2n) is 4.97. The molecule has 1 fully saturated rings. The number of alkyl halides is 2. The fourth-order valence-corrected chi connectivity index (χ4v) is 2.08. The van der Waals surface area contributed by atoms with Gasteiger partial charge in [-0.3, -0.25) is 9.59 Å². The zero-order valence-electron chi connectivity index (χ0n) is 10.4. The number of carbonyl (C=O) groups excluding carboxylic acids is 1. The number of amides is 1. The zero-order valence-corrected chi connectivity index (χ0v) is 10.4. The fraction of sp³-hybridized carbons (Fsp3) is 0.833. The highest BCUT2D eigenvalue weighted by Gasteiger charge is 2.37. The molecular formula is C12H19F2NO3. The largest absolute Gasteiger partial charge is 0.481 e. The average molecular weight is 263 g/mol. The van der Waals surface area contributed by atoms with Gasteiger partial charge in [0, 0.05) is 31.2 Å². The molecule has 0 aromatic carbocycles. The second-order valence-corrected chi connectivity index (χ2v) is 4.97. The van der Waals surface area contributed by atoms with E-state index in [0.717, 1.165) is 0 Å². The molecule has 1 atom stereocenters. The standard InChI is InChI=1S/C12H19F2NO3/c1-8(2-3-10(16)17)15-11(18)9-4-6-12(13,14)7-5-9/h8-9H,2-7H2,1H3,(H,15,18)(H,16,17). The zero-order chi connectivity index (χ0) is 13.8. The first kappa shape index (κ1) is 14.9. The van der Waals surface area contributed by atoms with Gasteiger partial charge in [-0.1, -0.05) is 0 Å². The van der Waals surface area contributed by atoms with Gasteiger partial charge in [-0.15, -0.1) is 0 Å². The van der Waals surface area contributed by atoms with Crippen LogP contribution in [0, 0.1) is 5.92 Å². The molecule has 0 aromatic rings. The maximum Gasteiger partial charge on any atom is 0.303 e. The van der Waals surface area contributed by atoms with E-state index in [9.17, 15) is 18.4 Å². The number of carboxylic acids is 1. The Bertz CT molecular complexity index is 310. The first-order valence-corrected chi connectivity index (χ1v) is 6.20. The summed E-state index contributed by atoms with van der Waals surface area (Å²) < 4.78 is 25.8. The topological polar surface area (TPSA) is 66.4 Å². The summed E-state index contributed by atoms with van der Waals surface area (Å²) in [6.07, 6.45) is 0.256. The minimum absolute atomic E-state index is 0.00974.